The van der Waals surface area contributed by atoms with Crippen LogP contribution in [0, 0.1) is 0 Å². The van der Waals surface area contributed by atoms with E-state index >= 15 is 0 Å². The third kappa shape index (κ3) is 2.06. The molecule has 0 bridgehead atoms. The summed E-state index contributed by atoms with van der Waals surface area (Å²) in [6, 6.07) is 6.14. The number of hydrogen-bond acceptors (Lipinski definition) is 5. The quantitative estimate of drug-likeness (QED) is 0.772. The molecular formula is C12H16N6. The van der Waals surface area contributed by atoms with Crippen LogP contribution < -0.4 is 5.73 Å². The average Bonchev–Trinajstić information content (AvgIpc) is 2.76. The van der Waals surface area contributed by atoms with Crippen molar-refractivity contribution >= 4 is 5.69 Å². The maximum absolute atomic E-state index is 6.03. The van der Waals surface area contributed by atoms with Crippen molar-refractivity contribution in [1.82, 2.24) is 25.1 Å². The molecule has 2 heterocycles. The summed E-state index contributed by atoms with van der Waals surface area (Å²) < 4.78 is 0. The van der Waals surface area contributed by atoms with E-state index in [9.17, 15) is 0 Å². The van der Waals surface area contributed by atoms with Gasteiger partial charge in [0.1, 0.15) is 0 Å². The highest BCUT2D eigenvalue weighted by atomic mass is 15.6. The summed E-state index contributed by atoms with van der Waals surface area (Å²) in [6.07, 6.45) is 1.03. The van der Waals surface area contributed by atoms with Crippen molar-refractivity contribution in [3.05, 3.63) is 35.2 Å². The van der Waals surface area contributed by atoms with Crippen LogP contribution in [0.25, 0.3) is 0 Å². The van der Waals surface area contributed by atoms with Crippen LogP contribution in [0.15, 0.2) is 18.2 Å². The molecule has 0 unspecified atom stereocenters. The Balaban J connectivity index is 1.76. The van der Waals surface area contributed by atoms with Gasteiger partial charge in [-0.3, -0.25) is 4.90 Å². The standard InChI is InChI=1S/C12H16N6/c1-17-15-12(14-16-17)8-18-6-5-9-3-2-4-11(13)10(9)7-18/h2-4H,5-8,13H2,1H3. The first kappa shape index (κ1) is 11.2. The van der Waals surface area contributed by atoms with E-state index in [0.717, 1.165) is 37.6 Å². The molecule has 0 atom stereocenters. The van der Waals surface area contributed by atoms with E-state index in [4.69, 9.17) is 5.73 Å². The predicted octanol–water partition coefficient (Wildman–Crippen LogP) is 0.351. The largest absolute Gasteiger partial charge is 0.398 e. The minimum atomic E-state index is 0.724. The molecule has 1 aromatic heterocycles. The first-order chi connectivity index (χ1) is 8.72. The van der Waals surface area contributed by atoms with Gasteiger partial charge in [0.15, 0.2) is 5.82 Å². The van der Waals surface area contributed by atoms with Crippen LogP contribution in [-0.2, 0) is 26.6 Å². The molecule has 0 amide bonds. The molecule has 18 heavy (non-hydrogen) atoms. The van der Waals surface area contributed by atoms with Gasteiger partial charge in [-0.05, 0) is 28.8 Å². The third-order valence-corrected chi connectivity index (χ3v) is 3.30. The predicted molar refractivity (Wildman–Crippen MR) is 67.5 cm³/mol. The molecule has 2 aromatic rings. The zero-order valence-corrected chi connectivity index (χ0v) is 10.4. The Morgan fingerprint density at radius 2 is 2.28 bits per heavy atom. The van der Waals surface area contributed by atoms with E-state index in [1.807, 2.05) is 12.1 Å². The Kier molecular flexibility index (Phi) is 2.71. The van der Waals surface area contributed by atoms with Gasteiger partial charge in [-0.2, -0.15) is 4.80 Å². The molecule has 0 aliphatic carbocycles. The average molecular weight is 244 g/mol. The number of nitrogen functional groups attached to an aromatic ring is 1. The summed E-state index contributed by atoms with van der Waals surface area (Å²) in [6.45, 7) is 2.59. The topological polar surface area (TPSA) is 72.9 Å². The Labute approximate surface area is 105 Å². The monoisotopic (exact) mass is 244 g/mol. The van der Waals surface area contributed by atoms with Crippen LogP contribution in [0.3, 0.4) is 0 Å². The van der Waals surface area contributed by atoms with Gasteiger partial charge in [0.25, 0.3) is 0 Å². The van der Waals surface area contributed by atoms with Crippen LogP contribution in [0.1, 0.15) is 17.0 Å². The van der Waals surface area contributed by atoms with E-state index < -0.39 is 0 Å². The van der Waals surface area contributed by atoms with Gasteiger partial charge in [-0.1, -0.05) is 12.1 Å². The number of benzene rings is 1. The summed E-state index contributed by atoms with van der Waals surface area (Å²) in [5.41, 5.74) is 9.51. The van der Waals surface area contributed by atoms with Crippen molar-refractivity contribution in [2.75, 3.05) is 12.3 Å². The fraction of sp³-hybridized carbons (Fsp3) is 0.417. The number of tetrazole rings is 1. The fourth-order valence-corrected chi connectivity index (χ4v) is 2.38. The smallest absolute Gasteiger partial charge is 0.188 e. The highest BCUT2D eigenvalue weighted by Crippen LogP contribution is 2.24. The highest BCUT2D eigenvalue weighted by molar-refractivity contribution is 5.51. The number of rotatable bonds is 2. The van der Waals surface area contributed by atoms with Gasteiger partial charge < -0.3 is 5.73 Å². The Morgan fingerprint density at radius 3 is 3.06 bits per heavy atom. The Morgan fingerprint density at radius 1 is 1.39 bits per heavy atom. The van der Waals surface area contributed by atoms with E-state index in [1.165, 1.54) is 15.9 Å². The molecule has 6 heteroatoms. The van der Waals surface area contributed by atoms with E-state index in [0.29, 0.717) is 0 Å². The lowest BCUT2D eigenvalue weighted by molar-refractivity contribution is 0.240. The second-order valence-corrected chi connectivity index (χ2v) is 4.64. The molecule has 0 fully saturated rings. The maximum atomic E-state index is 6.03. The first-order valence-corrected chi connectivity index (χ1v) is 6.04. The van der Waals surface area contributed by atoms with Crippen molar-refractivity contribution < 1.29 is 0 Å². The Hall–Kier alpha value is -1.95. The van der Waals surface area contributed by atoms with Crippen molar-refractivity contribution in [2.45, 2.75) is 19.5 Å². The summed E-state index contributed by atoms with van der Waals surface area (Å²) in [5.74, 6) is 0.760. The SMILES string of the molecule is Cn1nnc(CN2CCc3cccc(N)c3C2)n1. The molecule has 0 radical (unpaired) electrons. The molecule has 0 spiro atoms. The van der Waals surface area contributed by atoms with Crippen molar-refractivity contribution in [1.29, 1.82) is 0 Å². The minimum absolute atomic E-state index is 0.724. The van der Waals surface area contributed by atoms with Crippen LogP contribution in [0.2, 0.25) is 0 Å². The number of nitrogens with two attached hydrogens (primary N) is 1. The maximum Gasteiger partial charge on any atom is 0.188 e. The van der Waals surface area contributed by atoms with Crippen LogP contribution >= 0.6 is 0 Å². The van der Waals surface area contributed by atoms with E-state index in [-0.39, 0.29) is 0 Å². The lowest BCUT2D eigenvalue weighted by Gasteiger charge is -2.28. The van der Waals surface area contributed by atoms with Crippen molar-refractivity contribution in [2.24, 2.45) is 7.05 Å². The lowest BCUT2D eigenvalue weighted by atomic mass is 9.98. The van der Waals surface area contributed by atoms with Gasteiger partial charge in [0.05, 0.1) is 13.6 Å². The number of aromatic nitrogens is 4. The number of anilines is 1. The molecule has 0 saturated carbocycles. The van der Waals surface area contributed by atoms with Gasteiger partial charge in [-0.25, -0.2) is 0 Å². The summed E-state index contributed by atoms with van der Waals surface area (Å²) in [5, 5.41) is 12.1. The highest BCUT2D eigenvalue weighted by Gasteiger charge is 2.19. The minimum Gasteiger partial charge on any atom is -0.398 e. The molecule has 1 aliphatic heterocycles. The molecule has 0 saturated heterocycles. The van der Waals surface area contributed by atoms with Crippen LogP contribution in [-0.4, -0.2) is 31.7 Å². The van der Waals surface area contributed by atoms with Gasteiger partial charge in [0.2, 0.25) is 0 Å². The zero-order valence-electron chi connectivity index (χ0n) is 10.4. The van der Waals surface area contributed by atoms with Gasteiger partial charge in [-0.15, -0.1) is 10.2 Å². The number of nitrogens with zero attached hydrogens (tertiary/aromatic N) is 5. The number of hydrogen-bond donors (Lipinski definition) is 1. The molecule has 1 aliphatic rings. The lowest BCUT2D eigenvalue weighted by Crippen LogP contribution is -2.31. The second kappa shape index (κ2) is 4.38. The zero-order chi connectivity index (χ0) is 12.5. The summed E-state index contributed by atoms with van der Waals surface area (Å²) in [4.78, 5) is 3.79. The third-order valence-electron chi connectivity index (χ3n) is 3.30. The van der Waals surface area contributed by atoms with E-state index in [1.54, 1.807) is 7.05 Å². The fourth-order valence-electron chi connectivity index (χ4n) is 2.38. The normalized spacial score (nSPS) is 15.6. The summed E-state index contributed by atoms with van der Waals surface area (Å²) >= 11 is 0. The van der Waals surface area contributed by atoms with Crippen LogP contribution in [0.5, 0.6) is 0 Å². The molecule has 3 rings (SSSR count). The van der Waals surface area contributed by atoms with Crippen LogP contribution in [0.4, 0.5) is 5.69 Å². The molecule has 94 valence electrons. The van der Waals surface area contributed by atoms with E-state index in [2.05, 4.69) is 26.4 Å². The Bertz CT molecular complexity index is 561. The number of aryl methyl sites for hydroxylation is 1. The van der Waals surface area contributed by atoms with Gasteiger partial charge in [0, 0.05) is 18.8 Å². The summed E-state index contributed by atoms with van der Waals surface area (Å²) in [7, 11) is 1.78. The molecule has 2 N–H and O–H groups in total. The van der Waals surface area contributed by atoms with Crippen molar-refractivity contribution in [3.8, 4) is 0 Å². The first-order valence-electron chi connectivity index (χ1n) is 6.04. The van der Waals surface area contributed by atoms with Gasteiger partial charge >= 0.3 is 0 Å². The molecule has 1 aromatic carbocycles. The second-order valence-electron chi connectivity index (χ2n) is 4.64. The number of fused-ring (bicyclic) bond motifs is 1. The van der Waals surface area contributed by atoms with Crippen molar-refractivity contribution in [3.63, 3.8) is 0 Å². The molecular weight excluding hydrogens is 228 g/mol. The molecule has 6 nitrogen and oxygen atoms in total.